The van der Waals surface area contributed by atoms with E-state index >= 15 is 0 Å². The van der Waals surface area contributed by atoms with Crippen LogP contribution in [0, 0.1) is 0 Å². The van der Waals surface area contributed by atoms with Gasteiger partial charge < -0.3 is 5.32 Å². The van der Waals surface area contributed by atoms with Crippen LogP contribution in [0.5, 0.6) is 0 Å². The van der Waals surface area contributed by atoms with E-state index in [1.165, 1.54) is 0 Å². The molecule has 2 rings (SSSR count). The molecule has 1 aromatic carbocycles. The van der Waals surface area contributed by atoms with E-state index in [-0.39, 0.29) is 5.54 Å². The Balaban J connectivity index is 2.15. The van der Waals surface area contributed by atoms with Crippen molar-refractivity contribution >= 4 is 11.6 Å². The summed E-state index contributed by atoms with van der Waals surface area (Å²) in [6.45, 7) is 9.65. The van der Waals surface area contributed by atoms with Gasteiger partial charge in [0, 0.05) is 34.3 Å². The van der Waals surface area contributed by atoms with Crippen molar-refractivity contribution in [1.82, 2.24) is 10.3 Å². The van der Waals surface area contributed by atoms with Crippen molar-refractivity contribution in [3.05, 3.63) is 53.2 Å². The number of benzene rings is 1. The molecule has 1 atom stereocenters. The first kappa shape index (κ1) is 16.0. The smallest absolute Gasteiger partial charge is 0.0705 e. The van der Waals surface area contributed by atoms with E-state index in [2.05, 4.69) is 45.1 Å². The summed E-state index contributed by atoms with van der Waals surface area (Å²) in [4.78, 5) is 4.79. The van der Waals surface area contributed by atoms with E-state index < -0.39 is 0 Å². The summed E-state index contributed by atoms with van der Waals surface area (Å²) >= 11 is 5.94. The lowest BCUT2D eigenvalue weighted by Gasteiger charge is -2.23. The Kier molecular flexibility index (Phi) is 5.02. The van der Waals surface area contributed by atoms with Gasteiger partial charge >= 0.3 is 0 Å². The second-order valence-electron chi connectivity index (χ2n) is 6.49. The Hall–Kier alpha value is -1.38. The summed E-state index contributed by atoms with van der Waals surface area (Å²) in [6, 6.07) is 14.0. The molecule has 3 heteroatoms. The molecular weight excluding hydrogens is 280 g/mol. The molecule has 0 saturated carbocycles. The van der Waals surface area contributed by atoms with Crippen molar-refractivity contribution in [3.63, 3.8) is 0 Å². The lowest BCUT2D eigenvalue weighted by Crippen LogP contribution is -2.38. The summed E-state index contributed by atoms with van der Waals surface area (Å²) in [5.74, 6) is 0.372. The highest BCUT2D eigenvalue weighted by Crippen LogP contribution is 2.22. The molecule has 0 fully saturated rings. The van der Waals surface area contributed by atoms with E-state index in [0.717, 1.165) is 28.5 Å². The molecule has 21 heavy (non-hydrogen) atoms. The Morgan fingerprint density at radius 1 is 1.10 bits per heavy atom. The van der Waals surface area contributed by atoms with Gasteiger partial charge in [0.2, 0.25) is 0 Å². The van der Waals surface area contributed by atoms with E-state index in [1.807, 2.05) is 30.3 Å². The molecule has 0 radical (unpaired) electrons. The van der Waals surface area contributed by atoms with Crippen LogP contribution in [0.2, 0.25) is 5.02 Å². The Morgan fingerprint density at radius 3 is 2.38 bits per heavy atom. The number of hydrogen-bond donors (Lipinski definition) is 1. The van der Waals surface area contributed by atoms with Crippen LogP contribution in [-0.2, 0) is 0 Å². The molecular formula is C18H23ClN2. The number of nitrogens with zero attached hydrogens (tertiary/aromatic N) is 1. The third kappa shape index (κ3) is 4.83. The molecule has 1 aromatic heterocycles. The van der Waals surface area contributed by atoms with Gasteiger partial charge in [-0.05, 0) is 45.0 Å². The number of hydrogen-bond acceptors (Lipinski definition) is 2. The van der Waals surface area contributed by atoms with Gasteiger partial charge in [-0.1, -0.05) is 36.7 Å². The monoisotopic (exact) mass is 302 g/mol. The van der Waals surface area contributed by atoms with E-state index in [0.29, 0.717) is 5.92 Å². The third-order valence-electron chi connectivity index (χ3n) is 3.35. The normalized spacial score (nSPS) is 13.2. The molecule has 0 aliphatic carbocycles. The van der Waals surface area contributed by atoms with Crippen LogP contribution < -0.4 is 5.32 Å². The van der Waals surface area contributed by atoms with Crippen LogP contribution in [0.3, 0.4) is 0 Å². The van der Waals surface area contributed by atoms with E-state index in [1.54, 1.807) is 0 Å². The van der Waals surface area contributed by atoms with Crippen molar-refractivity contribution in [2.24, 2.45) is 0 Å². The van der Waals surface area contributed by atoms with Crippen LogP contribution in [-0.4, -0.2) is 17.1 Å². The number of rotatable bonds is 4. The van der Waals surface area contributed by atoms with Gasteiger partial charge in [0.25, 0.3) is 0 Å². The van der Waals surface area contributed by atoms with Crippen molar-refractivity contribution in [1.29, 1.82) is 0 Å². The molecule has 1 N–H and O–H groups in total. The Bertz CT molecular complexity index is 585. The average molecular weight is 303 g/mol. The lowest BCUT2D eigenvalue weighted by molar-refractivity contribution is 0.410. The van der Waals surface area contributed by atoms with Gasteiger partial charge in [0.15, 0.2) is 0 Å². The highest BCUT2D eigenvalue weighted by molar-refractivity contribution is 6.30. The van der Waals surface area contributed by atoms with E-state index in [4.69, 9.17) is 16.6 Å². The average Bonchev–Trinajstić information content (AvgIpc) is 2.45. The predicted molar refractivity (Wildman–Crippen MR) is 90.9 cm³/mol. The van der Waals surface area contributed by atoms with E-state index in [9.17, 15) is 0 Å². The number of halogens is 1. The molecule has 0 spiro atoms. The summed E-state index contributed by atoms with van der Waals surface area (Å²) in [5, 5.41) is 4.28. The van der Waals surface area contributed by atoms with Gasteiger partial charge in [0.1, 0.15) is 0 Å². The summed E-state index contributed by atoms with van der Waals surface area (Å²) in [6.07, 6.45) is 0. The number of nitrogens with one attached hydrogen (secondary N) is 1. The van der Waals surface area contributed by atoms with Crippen molar-refractivity contribution in [2.45, 2.75) is 39.2 Å². The zero-order valence-corrected chi connectivity index (χ0v) is 13.9. The molecule has 0 aliphatic heterocycles. The molecule has 0 saturated heterocycles. The zero-order chi connectivity index (χ0) is 15.5. The predicted octanol–water partition coefficient (Wildman–Crippen LogP) is 4.89. The minimum atomic E-state index is 0.127. The van der Waals surface area contributed by atoms with Gasteiger partial charge in [0.05, 0.1) is 5.69 Å². The molecule has 1 heterocycles. The fourth-order valence-corrected chi connectivity index (χ4v) is 2.20. The van der Waals surface area contributed by atoms with Crippen molar-refractivity contribution in [3.8, 4) is 11.3 Å². The first-order valence-electron chi connectivity index (χ1n) is 7.33. The number of pyridine rings is 1. The quantitative estimate of drug-likeness (QED) is 0.869. The van der Waals surface area contributed by atoms with Crippen LogP contribution in [0.4, 0.5) is 0 Å². The maximum atomic E-state index is 5.94. The summed E-state index contributed by atoms with van der Waals surface area (Å²) in [7, 11) is 0. The molecule has 2 nitrogen and oxygen atoms in total. The minimum absolute atomic E-state index is 0.127. The molecule has 0 unspecified atom stereocenters. The fraction of sp³-hybridized carbons (Fsp3) is 0.389. The maximum absolute atomic E-state index is 5.94. The minimum Gasteiger partial charge on any atom is -0.311 e. The van der Waals surface area contributed by atoms with Crippen LogP contribution in [0.1, 0.15) is 39.3 Å². The Labute approximate surface area is 132 Å². The zero-order valence-electron chi connectivity index (χ0n) is 13.2. The van der Waals surface area contributed by atoms with Crippen LogP contribution >= 0.6 is 11.6 Å². The van der Waals surface area contributed by atoms with Crippen LogP contribution in [0.15, 0.2) is 42.5 Å². The van der Waals surface area contributed by atoms with Crippen LogP contribution in [0.25, 0.3) is 11.3 Å². The van der Waals surface area contributed by atoms with Gasteiger partial charge in [-0.3, -0.25) is 4.98 Å². The first-order chi connectivity index (χ1) is 9.85. The first-order valence-corrected chi connectivity index (χ1v) is 7.71. The summed E-state index contributed by atoms with van der Waals surface area (Å²) in [5.41, 5.74) is 3.32. The SMILES string of the molecule is C[C@H](CNC(C)(C)C)c1cccc(-c2ccc(Cl)cc2)n1. The number of aromatic nitrogens is 1. The largest absolute Gasteiger partial charge is 0.311 e. The molecule has 0 aliphatic rings. The van der Waals surface area contributed by atoms with Gasteiger partial charge in [-0.15, -0.1) is 0 Å². The fourth-order valence-electron chi connectivity index (χ4n) is 2.07. The highest BCUT2D eigenvalue weighted by Gasteiger charge is 2.13. The third-order valence-corrected chi connectivity index (χ3v) is 3.61. The Morgan fingerprint density at radius 2 is 1.76 bits per heavy atom. The summed E-state index contributed by atoms with van der Waals surface area (Å²) < 4.78 is 0. The highest BCUT2D eigenvalue weighted by atomic mass is 35.5. The topological polar surface area (TPSA) is 24.9 Å². The lowest BCUT2D eigenvalue weighted by atomic mass is 10.0. The second kappa shape index (κ2) is 6.59. The van der Waals surface area contributed by atoms with Gasteiger partial charge in [-0.25, -0.2) is 0 Å². The standard InChI is InChI=1S/C18H23ClN2/c1-13(12-20-18(2,3)4)16-6-5-7-17(21-16)14-8-10-15(19)11-9-14/h5-11,13,20H,12H2,1-4H3/t13-/m1/s1. The maximum Gasteiger partial charge on any atom is 0.0705 e. The molecule has 0 bridgehead atoms. The molecule has 112 valence electrons. The van der Waals surface area contributed by atoms with Crippen molar-refractivity contribution in [2.75, 3.05) is 6.54 Å². The molecule has 2 aromatic rings. The van der Waals surface area contributed by atoms with Crippen molar-refractivity contribution < 1.29 is 0 Å². The second-order valence-corrected chi connectivity index (χ2v) is 6.92. The van der Waals surface area contributed by atoms with Gasteiger partial charge in [-0.2, -0.15) is 0 Å². The molecule has 0 amide bonds.